The second-order valence-corrected chi connectivity index (χ2v) is 20.1. The van der Waals surface area contributed by atoms with Crippen LogP contribution in [-0.4, -0.2) is 238 Å². The van der Waals surface area contributed by atoms with E-state index in [0.717, 1.165) is 46.5 Å². The van der Waals surface area contributed by atoms with E-state index in [9.17, 15) is 78.1 Å². The Bertz CT molecular complexity index is 2280. The zero-order valence-electron chi connectivity index (χ0n) is 43.3. The van der Waals surface area contributed by atoms with Crippen LogP contribution < -0.4 is 26.0 Å². The predicted octanol–water partition coefficient (Wildman–Crippen LogP) is -4.92. The Kier molecular flexibility index (Phi) is 25.2. The molecule has 1 aromatic rings. The number of ether oxygens (including phenoxy) is 8. The fourth-order valence-corrected chi connectivity index (χ4v) is 9.51. The van der Waals surface area contributed by atoms with Gasteiger partial charge in [-0.15, -0.1) is 11.8 Å². The van der Waals surface area contributed by atoms with Crippen molar-refractivity contribution in [2.45, 2.75) is 195 Å². The molecule has 29 nitrogen and oxygen atoms in total. The van der Waals surface area contributed by atoms with Gasteiger partial charge in [0.15, 0.2) is 25.2 Å². The third kappa shape index (κ3) is 17.8. The summed E-state index contributed by atoms with van der Waals surface area (Å²) in [5, 5.41) is 109. The van der Waals surface area contributed by atoms with E-state index in [2.05, 4.69) is 44.2 Å². The third-order valence-electron chi connectivity index (χ3n) is 13.0. The SMILES string of the molecule is CCCCCCC#CCCCOc1cccc(C(=O)N[C@@H]2C(O[C@H]3C(O)C(NC(C)=O)C(OC4C(CO)O[C@@H](O[C@H]5C(O)C(NC(C)=O)[C@H](O)O[C@H]5COS(=O)(=O)O)[C@@H](NC(C)=O)[C@H]4O)O[C@H]3CO)OC(CO)[C@@H](O)[C@@H]2O)c1. The molecule has 20 atom stereocenters. The molecule has 0 spiro atoms. The molecular weight excluding hydrogens is 1060 g/mol. The second kappa shape index (κ2) is 30.5. The van der Waals surface area contributed by atoms with E-state index in [0.29, 0.717) is 25.2 Å². The number of nitrogens with one attached hydrogen (secondary N) is 4. The van der Waals surface area contributed by atoms with Crippen molar-refractivity contribution >= 4 is 34.0 Å². The van der Waals surface area contributed by atoms with E-state index in [-0.39, 0.29) is 5.56 Å². The van der Waals surface area contributed by atoms with Gasteiger partial charge in [-0.25, -0.2) is 4.18 Å². The minimum atomic E-state index is -5.16. The summed E-state index contributed by atoms with van der Waals surface area (Å²) in [5.74, 6) is 3.39. The highest BCUT2D eigenvalue weighted by atomic mass is 32.3. The summed E-state index contributed by atoms with van der Waals surface area (Å²) >= 11 is 0. The number of carbonyl (C=O) groups excluding carboxylic acids is 4. The fraction of sp³-hybridized carbons (Fsp3) is 0.750. The molecular formula is C48H74N4O25S. The first-order chi connectivity index (χ1) is 37.0. The van der Waals surface area contributed by atoms with E-state index >= 15 is 0 Å². The molecule has 78 heavy (non-hydrogen) atoms. The summed E-state index contributed by atoms with van der Waals surface area (Å²) in [5.41, 5.74) is 0.0447. The first-order valence-electron chi connectivity index (χ1n) is 25.4. The van der Waals surface area contributed by atoms with Gasteiger partial charge in [0.1, 0.15) is 103 Å². The van der Waals surface area contributed by atoms with Gasteiger partial charge in [-0.05, 0) is 31.0 Å². The smallest absolute Gasteiger partial charge is 0.397 e. The van der Waals surface area contributed by atoms with Crippen LogP contribution in [0.5, 0.6) is 5.75 Å². The molecule has 5 rings (SSSR count). The molecule has 14 N–H and O–H groups in total. The number of carbonyl (C=O) groups is 4. The van der Waals surface area contributed by atoms with Gasteiger partial charge < -0.3 is 105 Å². The van der Waals surface area contributed by atoms with Crippen LogP contribution in [0.15, 0.2) is 24.3 Å². The van der Waals surface area contributed by atoms with E-state index in [1.807, 2.05) is 0 Å². The number of rotatable bonds is 25. The van der Waals surface area contributed by atoms with Crippen LogP contribution in [0.1, 0.15) is 83.0 Å². The van der Waals surface area contributed by atoms with Crippen molar-refractivity contribution in [3.05, 3.63) is 29.8 Å². The normalized spacial score (nSPS) is 35.1. The quantitative estimate of drug-likeness (QED) is 0.0248. The van der Waals surface area contributed by atoms with Crippen molar-refractivity contribution in [2.24, 2.45) is 0 Å². The number of unbranched alkanes of at least 4 members (excludes halogenated alkanes) is 5. The van der Waals surface area contributed by atoms with Crippen molar-refractivity contribution < 1.29 is 120 Å². The van der Waals surface area contributed by atoms with E-state index < -0.39 is 183 Å². The van der Waals surface area contributed by atoms with Crippen molar-refractivity contribution in [1.29, 1.82) is 0 Å². The van der Waals surface area contributed by atoms with Crippen LogP contribution in [0, 0.1) is 11.8 Å². The molecule has 0 aromatic heterocycles. The van der Waals surface area contributed by atoms with Crippen LogP contribution in [-0.2, 0) is 62.1 Å². The highest BCUT2D eigenvalue weighted by molar-refractivity contribution is 7.80. The lowest BCUT2D eigenvalue weighted by Gasteiger charge is -2.51. The number of aliphatic hydroxyl groups is 9. The van der Waals surface area contributed by atoms with Gasteiger partial charge in [0.05, 0.1) is 33.0 Å². The molecule has 0 saturated carbocycles. The average Bonchev–Trinajstić information content (AvgIpc) is 3.47. The monoisotopic (exact) mass is 1140 g/mol. The van der Waals surface area contributed by atoms with Crippen molar-refractivity contribution in [2.75, 3.05) is 33.0 Å². The lowest BCUT2D eigenvalue weighted by atomic mass is 9.93. The van der Waals surface area contributed by atoms with Crippen LogP contribution in [0.4, 0.5) is 0 Å². The van der Waals surface area contributed by atoms with Crippen molar-refractivity contribution in [3.63, 3.8) is 0 Å². The number of hydrogen-bond acceptors (Lipinski definition) is 24. The first-order valence-corrected chi connectivity index (χ1v) is 26.8. The molecule has 442 valence electrons. The van der Waals surface area contributed by atoms with Gasteiger partial charge in [0.2, 0.25) is 17.7 Å². The van der Waals surface area contributed by atoms with Gasteiger partial charge in [-0.1, -0.05) is 32.3 Å². The summed E-state index contributed by atoms with van der Waals surface area (Å²) in [6.07, 6.45) is -23.1. The molecule has 4 heterocycles. The van der Waals surface area contributed by atoms with Crippen molar-refractivity contribution in [1.82, 2.24) is 21.3 Å². The number of aliphatic hydroxyl groups excluding tert-OH is 9. The molecule has 0 bridgehead atoms. The maximum Gasteiger partial charge on any atom is 0.397 e. The summed E-state index contributed by atoms with van der Waals surface area (Å²) in [6, 6.07) is -0.745. The number of hydrogen-bond donors (Lipinski definition) is 14. The summed E-state index contributed by atoms with van der Waals surface area (Å²) in [7, 11) is -5.16. The maximum absolute atomic E-state index is 13.8. The first kappa shape index (κ1) is 64.5. The Balaban J connectivity index is 1.35. The molecule has 9 unspecified atom stereocenters. The Morgan fingerprint density at radius 2 is 1.06 bits per heavy atom. The van der Waals surface area contributed by atoms with Crippen LogP contribution in [0.2, 0.25) is 0 Å². The molecule has 4 aliphatic heterocycles. The topological polar surface area (TPSA) is 436 Å². The molecule has 30 heteroatoms. The zero-order chi connectivity index (χ0) is 57.4. The Morgan fingerprint density at radius 1 is 0.590 bits per heavy atom. The average molecular weight is 1140 g/mol. The minimum absolute atomic E-state index is 0.0447. The van der Waals surface area contributed by atoms with Crippen molar-refractivity contribution in [3.8, 4) is 17.6 Å². The highest BCUT2D eigenvalue weighted by Crippen LogP contribution is 2.35. The largest absolute Gasteiger partial charge is 0.494 e. The molecule has 0 radical (unpaired) electrons. The van der Waals surface area contributed by atoms with E-state index in [1.54, 1.807) is 12.1 Å². The molecule has 4 amide bonds. The maximum atomic E-state index is 13.8. The lowest BCUT2D eigenvalue weighted by Crippen LogP contribution is -2.71. The zero-order valence-corrected chi connectivity index (χ0v) is 44.2. The summed E-state index contributed by atoms with van der Waals surface area (Å²) in [4.78, 5) is 51.1. The lowest BCUT2D eigenvalue weighted by molar-refractivity contribution is -0.361. The summed E-state index contributed by atoms with van der Waals surface area (Å²) in [6.45, 7) is 1.51. The van der Waals surface area contributed by atoms with Gasteiger partial charge in [0, 0.05) is 39.2 Å². The van der Waals surface area contributed by atoms with Crippen LogP contribution in [0.25, 0.3) is 0 Å². The number of amides is 4. The highest BCUT2D eigenvalue weighted by Gasteiger charge is 2.56. The molecule has 4 fully saturated rings. The fourth-order valence-electron chi connectivity index (χ4n) is 9.21. The molecule has 1 aromatic carbocycles. The number of benzene rings is 1. The standard InChI is InChI=1S/C48H74N4O25S/c1-5-6-7-8-9-10-11-12-13-17-69-27-16-14-15-26(18-27)44(64)52-33-37(60)36(59)28(19-53)72-46(33)75-41-29(20-54)73-47(34(39(41)62)50-24(3)57)76-42-30(21-55)74-48(35(40(42)63)51-25(4)58)77-43-31(22-70-78(66,67)68)71-45(65)32(38(43)61)49-23(2)56/h14-16,18,28-43,45-48,53-55,59-63,65H,5-9,12-13,17,19-22H2,1-4H3,(H,49,56)(H,50,57)(H,51,58)(H,52,64)(H,66,67,68)/t28?,29-,30?,31-,32?,33-,34?,35-,36+,37+,38?,39?,40+,41+,42?,43+,45+,46?,47?,48-/m0/s1. The van der Waals surface area contributed by atoms with E-state index in [4.69, 9.17) is 37.9 Å². The van der Waals surface area contributed by atoms with E-state index in [1.165, 1.54) is 18.6 Å². The van der Waals surface area contributed by atoms with Gasteiger partial charge in [-0.2, -0.15) is 8.42 Å². The molecule has 0 aliphatic carbocycles. The predicted molar refractivity (Wildman–Crippen MR) is 262 cm³/mol. The Morgan fingerprint density at radius 3 is 1.56 bits per heavy atom. The van der Waals surface area contributed by atoms with Gasteiger partial charge >= 0.3 is 10.4 Å². The molecule has 4 aliphatic rings. The Hall–Kier alpha value is -4.31. The van der Waals surface area contributed by atoms with Gasteiger partial charge in [-0.3, -0.25) is 23.7 Å². The third-order valence-corrected chi connectivity index (χ3v) is 13.5. The Labute approximate surface area is 450 Å². The van der Waals surface area contributed by atoms with Crippen LogP contribution >= 0.6 is 0 Å². The molecule has 4 saturated heterocycles. The van der Waals surface area contributed by atoms with Crippen LogP contribution in [0.3, 0.4) is 0 Å². The summed E-state index contributed by atoms with van der Waals surface area (Å²) < 4.78 is 83.8. The van der Waals surface area contributed by atoms with Gasteiger partial charge in [0.25, 0.3) is 5.91 Å². The minimum Gasteiger partial charge on any atom is -0.494 e. The second-order valence-electron chi connectivity index (χ2n) is 19.0.